The summed E-state index contributed by atoms with van der Waals surface area (Å²) in [6.07, 6.45) is 0.162. The molecule has 3 rings (SSSR count). The number of ether oxygens (including phenoxy) is 2. The first-order valence-electron chi connectivity index (χ1n) is 8.25. The van der Waals surface area contributed by atoms with E-state index >= 15 is 0 Å². The molecule has 1 aliphatic rings. The van der Waals surface area contributed by atoms with Crippen LogP contribution in [0.5, 0.6) is 11.5 Å². The van der Waals surface area contributed by atoms with Gasteiger partial charge in [-0.25, -0.2) is 0 Å². The molecular formula is C20H22O4. The van der Waals surface area contributed by atoms with E-state index in [1.54, 1.807) is 32.0 Å². The zero-order valence-electron chi connectivity index (χ0n) is 13.9. The van der Waals surface area contributed by atoms with Gasteiger partial charge in [0.15, 0.2) is 0 Å². The first kappa shape index (κ1) is 16.5. The molecule has 0 unspecified atom stereocenters. The Balaban J connectivity index is 1.74. The fourth-order valence-corrected chi connectivity index (χ4v) is 2.81. The number of rotatable bonds is 4. The molecule has 0 bridgehead atoms. The molecule has 1 N–H and O–H groups in total. The molecule has 1 heterocycles. The highest BCUT2D eigenvalue weighted by Crippen LogP contribution is 2.38. The Labute approximate surface area is 142 Å². The van der Waals surface area contributed by atoms with Gasteiger partial charge in [-0.1, -0.05) is 44.2 Å². The molecule has 2 aromatic rings. The lowest BCUT2D eigenvalue weighted by Crippen LogP contribution is -2.27. The zero-order valence-corrected chi connectivity index (χ0v) is 13.9. The van der Waals surface area contributed by atoms with Gasteiger partial charge in [0, 0.05) is 17.5 Å². The van der Waals surface area contributed by atoms with Crippen LogP contribution in [-0.4, -0.2) is 17.7 Å². The summed E-state index contributed by atoms with van der Waals surface area (Å²) in [5, 5.41) is 10.7. The third kappa shape index (κ3) is 3.60. The highest BCUT2D eigenvalue weighted by molar-refractivity contribution is 5.74. The van der Waals surface area contributed by atoms with Gasteiger partial charge in [0.1, 0.15) is 11.5 Å². The summed E-state index contributed by atoms with van der Waals surface area (Å²) >= 11 is 0. The monoisotopic (exact) mass is 326 g/mol. The Kier molecular flexibility index (Phi) is 4.86. The number of aliphatic hydroxyl groups excluding tert-OH is 1. The van der Waals surface area contributed by atoms with E-state index < -0.39 is 6.10 Å². The van der Waals surface area contributed by atoms with Gasteiger partial charge in [0.25, 0.3) is 0 Å². The molecule has 1 aliphatic heterocycles. The number of esters is 1. The number of fused-ring (bicyclic) bond motifs is 1. The van der Waals surface area contributed by atoms with E-state index in [9.17, 15) is 9.90 Å². The maximum Gasteiger partial charge on any atom is 0.313 e. The van der Waals surface area contributed by atoms with Crippen molar-refractivity contribution < 1.29 is 19.4 Å². The van der Waals surface area contributed by atoms with Crippen LogP contribution in [0.25, 0.3) is 0 Å². The highest BCUT2D eigenvalue weighted by atomic mass is 16.5. The standard InChI is InChI=1S/C20H22O4/c1-13(2)20(22)24-16-8-9-17-18(11-16)23-12-15(19(17)21)10-14-6-4-3-5-7-14/h3-9,11,13,15,19,21H,10,12H2,1-2H3/t15-,19+/m0/s1. The van der Waals surface area contributed by atoms with Crippen molar-refractivity contribution in [1.29, 1.82) is 0 Å². The van der Waals surface area contributed by atoms with E-state index in [1.165, 1.54) is 5.56 Å². The molecule has 0 saturated carbocycles. The lowest BCUT2D eigenvalue weighted by atomic mass is 9.88. The predicted octanol–water partition coefficient (Wildman–Crippen LogP) is 3.53. The van der Waals surface area contributed by atoms with Gasteiger partial charge < -0.3 is 14.6 Å². The van der Waals surface area contributed by atoms with Crippen LogP contribution in [0.3, 0.4) is 0 Å². The molecule has 0 aromatic heterocycles. The van der Waals surface area contributed by atoms with E-state index in [0.29, 0.717) is 18.1 Å². The van der Waals surface area contributed by atoms with Crippen molar-refractivity contribution in [3.8, 4) is 11.5 Å². The van der Waals surface area contributed by atoms with Crippen molar-refractivity contribution in [2.24, 2.45) is 11.8 Å². The van der Waals surface area contributed by atoms with Gasteiger partial charge in [-0.3, -0.25) is 4.79 Å². The van der Waals surface area contributed by atoms with E-state index in [0.717, 1.165) is 12.0 Å². The van der Waals surface area contributed by atoms with Crippen LogP contribution in [0.2, 0.25) is 0 Å². The Morgan fingerprint density at radius 1 is 1.25 bits per heavy atom. The fourth-order valence-electron chi connectivity index (χ4n) is 2.81. The summed E-state index contributed by atoms with van der Waals surface area (Å²) in [7, 11) is 0. The third-order valence-electron chi connectivity index (χ3n) is 4.23. The van der Waals surface area contributed by atoms with E-state index in [1.807, 2.05) is 18.2 Å². The minimum absolute atomic E-state index is 0.00367. The Morgan fingerprint density at radius 2 is 2.00 bits per heavy atom. The lowest BCUT2D eigenvalue weighted by Gasteiger charge is -2.30. The van der Waals surface area contributed by atoms with Gasteiger partial charge in [-0.2, -0.15) is 0 Å². The predicted molar refractivity (Wildman–Crippen MR) is 91.0 cm³/mol. The first-order valence-corrected chi connectivity index (χ1v) is 8.25. The van der Waals surface area contributed by atoms with Crippen molar-refractivity contribution in [3.05, 3.63) is 59.7 Å². The van der Waals surface area contributed by atoms with Crippen LogP contribution in [-0.2, 0) is 11.2 Å². The van der Waals surface area contributed by atoms with Crippen LogP contribution in [0.4, 0.5) is 0 Å². The summed E-state index contributed by atoms with van der Waals surface area (Å²) < 4.78 is 11.1. The van der Waals surface area contributed by atoms with Crippen LogP contribution in [0.1, 0.15) is 31.1 Å². The molecule has 0 aliphatic carbocycles. The molecule has 0 fully saturated rings. The molecule has 24 heavy (non-hydrogen) atoms. The van der Waals surface area contributed by atoms with E-state index in [4.69, 9.17) is 9.47 Å². The number of hydrogen-bond donors (Lipinski definition) is 1. The highest BCUT2D eigenvalue weighted by Gasteiger charge is 2.30. The fraction of sp³-hybridized carbons (Fsp3) is 0.350. The molecule has 4 nitrogen and oxygen atoms in total. The molecular weight excluding hydrogens is 304 g/mol. The van der Waals surface area contributed by atoms with Gasteiger partial charge in [-0.15, -0.1) is 0 Å². The molecule has 0 radical (unpaired) electrons. The number of benzene rings is 2. The minimum atomic E-state index is -0.594. The second kappa shape index (κ2) is 7.05. The average molecular weight is 326 g/mol. The smallest absolute Gasteiger partial charge is 0.313 e. The van der Waals surface area contributed by atoms with Crippen molar-refractivity contribution in [2.75, 3.05) is 6.61 Å². The summed E-state index contributed by atoms with van der Waals surface area (Å²) in [6.45, 7) is 4.01. The van der Waals surface area contributed by atoms with Gasteiger partial charge in [0.2, 0.25) is 0 Å². The second-order valence-corrected chi connectivity index (χ2v) is 6.48. The molecule has 0 saturated heterocycles. The molecule has 2 aromatic carbocycles. The van der Waals surface area contributed by atoms with Crippen LogP contribution < -0.4 is 9.47 Å². The Bertz CT molecular complexity index is 709. The quantitative estimate of drug-likeness (QED) is 0.690. The lowest BCUT2D eigenvalue weighted by molar-refractivity contribution is -0.137. The summed E-state index contributed by atoms with van der Waals surface area (Å²) in [5.74, 6) is 0.557. The van der Waals surface area contributed by atoms with Crippen LogP contribution in [0, 0.1) is 11.8 Å². The molecule has 4 heteroatoms. The Hall–Kier alpha value is -2.33. The number of hydrogen-bond acceptors (Lipinski definition) is 4. The number of carbonyl (C=O) groups excluding carboxylic acids is 1. The second-order valence-electron chi connectivity index (χ2n) is 6.48. The number of carbonyl (C=O) groups is 1. The topological polar surface area (TPSA) is 55.8 Å². The van der Waals surface area contributed by atoms with Gasteiger partial charge in [-0.05, 0) is 24.1 Å². The SMILES string of the molecule is CC(C)C(=O)Oc1ccc2c(c1)OC[C@H](Cc1ccccc1)[C@H]2O. The van der Waals surface area contributed by atoms with Gasteiger partial charge >= 0.3 is 5.97 Å². The van der Waals surface area contributed by atoms with E-state index in [-0.39, 0.29) is 17.8 Å². The van der Waals surface area contributed by atoms with Crippen molar-refractivity contribution in [1.82, 2.24) is 0 Å². The van der Waals surface area contributed by atoms with E-state index in [2.05, 4.69) is 12.1 Å². The minimum Gasteiger partial charge on any atom is -0.493 e. The number of aliphatic hydroxyl groups is 1. The van der Waals surface area contributed by atoms with Crippen molar-refractivity contribution in [3.63, 3.8) is 0 Å². The van der Waals surface area contributed by atoms with Crippen molar-refractivity contribution in [2.45, 2.75) is 26.4 Å². The van der Waals surface area contributed by atoms with Crippen LogP contribution in [0.15, 0.2) is 48.5 Å². The molecule has 0 amide bonds. The van der Waals surface area contributed by atoms with Crippen LogP contribution >= 0.6 is 0 Å². The average Bonchev–Trinajstić information content (AvgIpc) is 2.58. The summed E-state index contributed by atoms with van der Waals surface area (Å²) in [5.41, 5.74) is 1.92. The third-order valence-corrected chi connectivity index (χ3v) is 4.23. The normalized spacial score (nSPS) is 19.5. The van der Waals surface area contributed by atoms with Crippen molar-refractivity contribution >= 4 is 5.97 Å². The summed E-state index contributed by atoms with van der Waals surface area (Å²) in [4.78, 5) is 11.7. The first-order chi connectivity index (χ1) is 11.5. The summed E-state index contributed by atoms with van der Waals surface area (Å²) in [6, 6.07) is 15.2. The molecule has 0 spiro atoms. The maximum atomic E-state index is 11.7. The largest absolute Gasteiger partial charge is 0.493 e. The Morgan fingerprint density at radius 3 is 2.71 bits per heavy atom. The zero-order chi connectivity index (χ0) is 17.1. The maximum absolute atomic E-state index is 11.7. The van der Waals surface area contributed by atoms with Gasteiger partial charge in [0.05, 0.1) is 18.6 Å². The molecule has 126 valence electrons. The molecule has 2 atom stereocenters.